The quantitative estimate of drug-likeness (QED) is 0.821. The number of carbonyl (C=O) groups is 1. The summed E-state index contributed by atoms with van der Waals surface area (Å²) in [5, 5.41) is 9.31. The van der Waals surface area contributed by atoms with Crippen LogP contribution < -0.4 is 5.73 Å². The molecule has 1 fully saturated rings. The maximum Gasteiger partial charge on any atom is 0.337 e. The molecule has 1 aromatic rings. The number of carboxylic acids is 1. The van der Waals surface area contributed by atoms with Crippen molar-refractivity contribution >= 4 is 11.7 Å². The lowest BCUT2D eigenvalue weighted by molar-refractivity contribution is 0.0698. The van der Waals surface area contributed by atoms with Gasteiger partial charge in [0.15, 0.2) is 0 Å². The van der Waals surface area contributed by atoms with Crippen molar-refractivity contribution in [2.24, 2.45) is 0 Å². The van der Waals surface area contributed by atoms with Gasteiger partial charge in [0.25, 0.3) is 0 Å². The summed E-state index contributed by atoms with van der Waals surface area (Å²) in [4.78, 5) is 13.7. The van der Waals surface area contributed by atoms with Crippen LogP contribution >= 0.6 is 0 Å². The van der Waals surface area contributed by atoms with Crippen molar-refractivity contribution in [1.29, 1.82) is 0 Å². The van der Waals surface area contributed by atoms with Crippen molar-refractivity contribution in [3.05, 3.63) is 28.8 Å². The normalized spacial score (nSPS) is 17.9. The summed E-state index contributed by atoms with van der Waals surface area (Å²) in [7, 11) is 2.14. The highest BCUT2D eigenvalue weighted by Crippen LogP contribution is 2.40. The molecule has 0 unspecified atom stereocenters. The maximum absolute atomic E-state index is 11.3. The number of piperidine rings is 1. The standard InChI is InChI=1S/C17H26N2O2/c1-17(2,3)14-12(11-7-9-19(4)10-8-11)5-6-13(15(14)18)16(20)21/h5-6,11H,7-10,18H2,1-4H3,(H,20,21). The molecule has 0 spiro atoms. The molecule has 1 heterocycles. The molecule has 0 amide bonds. The second kappa shape index (κ2) is 5.68. The molecule has 0 atom stereocenters. The smallest absolute Gasteiger partial charge is 0.337 e. The molecule has 0 aliphatic carbocycles. The largest absolute Gasteiger partial charge is 0.478 e. The Morgan fingerprint density at radius 1 is 1.29 bits per heavy atom. The van der Waals surface area contributed by atoms with E-state index in [2.05, 4.69) is 32.7 Å². The van der Waals surface area contributed by atoms with Crippen LogP contribution in [0.3, 0.4) is 0 Å². The van der Waals surface area contributed by atoms with Crippen molar-refractivity contribution in [2.45, 2.75) is 44.9 Å². The zero-order valence-corrected chi connectivity index (χ0v) is 13.4. The monoisotopic (exact) mass is 290 g/mol. The van der Waals surface area contributed by atoms with Crippen LogP contribution in [0.5, 0.6) is 0 Å². The van der Waals surface area contributed by atoms with Crippen molar-refractivity contribution in [3.63, 3.8) is 0 Å². The first-order valence-electron chi connectivity index (χ1n) is 7.56. The molecule has 4 heteroatoms. The molecule has 0 bridgehead atoms. The second-order valence-corrected chi connectivity index (χ2v) is 7.12. The first-order chi connectivity index (χ1) is 9.71. The number of likely N-dealkylation sites (tertiary alicyclic amines) is 1. The predicted molar refractivity (Wildman–Crippen MR) is 86.0 cm³/mol. The molecule has 1 saturated heterocycles. The molecule has 0 aromatic heterocycles. The Kier molecular flexibility index (Phi) is 4.28. The van der Waals surface area contributed by atoms with Crippen LogP contribution in [-0.4, -0.2) is 36.1 Å². The first kappa shape index (κ1) is 15.8. The van der Waals surface area contributed by atoms with Gasteiger partial charge in [-0.25, -0.2) is 4.79 Å². The third-order valence-electron chi connectivity index (χ3n) is 4.42. The Morgan fingerprint density at radius 3 is 2.33 bits per heavy atom. The second-order valence-electron chi connectivity index (χ2n) is 7.12. The van der Waals surface area contributed by atoms with Crippen molar-refractivity contribution in [2.75, 3.05) is 25.9 Å². The lowest BCUT2D eigenvalue weighted by Gasteiger charge is -2.34. The number of carboxylic acid groups (broad SMARTS) is 1. The topological polar surface area (TPSA) is 66.6 Å². The minimum Gasteiger partial charge on any atom is -0.478 e. The molecular formula is C17H26N2O2. The third kappa shape index (κ3) is 3.21. The predicted octanol–water partition coefficient (Wildman–Crippen LogP) is 3.07. The van der Waals surface area contributed by atoms with Gasteiger partial charge in [0.1, 0.15) is 0 Å². The number of nitrogen functional groups attached to an aromatic ring is 1. The van der Waals surface area contributed by atoms with E-state index >= 15 is 0 Å². The van der Waals surface area contributed by atoms with Crippen LogP contribution in [0.4, 0.5) is 5.69 Å². The number of benzene rings is 1. The van der Waals surface area contributed by atoms with Crippen LogP contribution in [0.25, 0.3) is 0 Å². The van der Waals surface area contributed by atoms with Crippen molar-refractivity contribution in [1.82, 2.24) is 4.90 Å². The summed E-state index contributed by atoms with van der Waals surface area (Å²) in [6, 6.07) is 3.65. The molecule has 2 rings (SSSR count). The molecule has 3 N–H and O–H groups in total. The van der Waals surface area contributed by atoms with E-state index in [9.17, 15) is 9.90 Å². The molecule has 1 aliphatic heterocycles. The van der Waals surface area contributed by atoms with Gasteiger partial charge in [-0.2, -0.15) is 0 Å². The number of nitrogens with zero attached hydrogens (tertiary/aromatic N) is 1. The minimum atomic E-state index is -0.951. The molecule has 4 nitrogen and oxygen atoms in total. The van der Waals surface area contributed by atoms with Crippen LogP contribution in [0.2, 0.25) is 0 Å². The Morgan fingerprint density at radius 2 is 1.86 bits per heavy atom. The molecule has 0 radical (unpaired) electrons. The zero-order chi connectivity index (χ0) is 15.8. The molecule has 116 valence electrons. The summed E-state index contributed by atoms with van der Waals surface area (Å²) in [5.74, 6) is -0.478. The summed E-state index contributed by atoms with van der Waals surface area (Å²) in [6.07, 6.45) is 2.21. The minimum absolute atomic E-state index is 0.159. The number of hydrogen-bond acceptors (Lipinski definition) is 3. The molecular weight excluding hydrogens is 264 g/mol. The zero-order valence-electron chi connectivity index (χ0n) is 13.4. The van der Waals surface area contributed by atoms with Gasteiger partial charge in [-0.3, -0.25) is 0 Å². The average Bonchev–Trinajstić information content (AvgIpc) is 2.37. The van der Waals surface area contributed by atoms with Gasteiger partial charge in [0.2, 0.25) is 0 Å². The van der Waals surface area contributed by atoms with Gasteiger partial charge in [-0.15, -0.1) is 0 Å². The van der Waals surface area contributed by atoms with Crippen LogP contribution in [0.1, 0.15) is 61.0 Å². The van der Waals surface area contributed by atoms with E-state index in [1.165, 1.54) is 5.56 Å². The van der Waals surface area contributed by atoms with E-state index in [0.717, 1.165) is 31.5 Å². The Hall–Kier alpha value is -1.55. The number of anilines is 1. The SMILES string of the molecule is CN1CCC(c2ccc(C(=O)O)c(N)c2C(C)(C)C)CC1. The summed E-state index contributed by atoms with van der Waals surface area (Å²) in [5.41, 5.74) is 8.96. The maximum atomic E-state index is 11.3. The van der Waals surface area contributed by atoms with E-state index < -0.39 is 5.97 Å². The van der Waals surface area contributed by atoms with Gasteiger partial charge < -0.3 is 15.7 Å². The molecule has 21 heavy (non-hydrogen) atoms. The summed E-state index contributed by atoms with van der Waals surface area (Å²) in [6.45, 7) is 8.46. The molecule has 0 saturated carbocycles. The fourth-order valence-electron chi connectivity index (χ4n) is 3.32. The Bertz CT molecular complexity index is 538. The number of hydrogen-bond donors (Lipinski definition) is 2. The first-order valence-corrected chi connectivity index (χ1v) is 7.56. The molecule has 1 aliphatic rings. The number of rotatable bonds is 2. The van der Waals surface area contributed by atoms with Gasteiger partial charge >= 0.3 is 5.97 Å². The van der Waals surface area contributed by atoms with Crippen LogP contribution in [0, 0.1) is 0 Å². The van der Waals surface area contributed by atoms with Crippen LogP contribution in [0.15, 0.2) is 12.1 Å². The molecule has 1 aromatic carbocycles. The summed E-state index contributed by atoms with van der Waals surface area (Å²) < 4.78 is 0. The van der Waals surface area contributed by atoms with E-state index in [4.69, 9.17) is 5.73 Å². The summed E-state index contributed by atoms with van der Waals surface area (Å²) >= 11 is 0. The fourth-order valence-corrected chi connectivity index (χ4v) is 3.32. The van der Waals surface area contributed by atoms with E-state index in [1.807, 2.05) is 6.07 Å². The lowest BCUT2D eigenvalue weighted by atomic mass is 9.75. The van der Waals surface area contributed by atoms with Gasteiger partial charge in [-0.1, -0.05) is 26.8 Å². The highest BCUT2D eigenvalue weighted by atomic mass is 16.4. The third-order valence-corrected chi connectivity index (χ3v) is 4.42. The Labute approximate surface area is 126 Å². The van der Waals surface area contributed by atoms with Gasteiger partial charge in [-0.05, 0) is 61.5 Å². The average molecular weight is 290 g/mol. The fraction of sp³-hybridized carbons (Fsp3) is 0.588. The van der Waals surface area contributed by atoms with E-state index in [1.54, 1.807) is 6.07 Å². The van der Waals surface area contributed by atoms with Crippen molar-refractivity contribution < 1.29 is 9.90 Å². The van der Waals surface area contributed by atoms with E-state index in [0.29, 0.717) is 11.6 Å². The van der Waals surface area contributed by atoms with Crippen molar-refractivity contribution in [3.8, 4) is 0 Å². The lowest BCUT2D eigenvalue weighted by Crippen LogP contribution is -2.31. The van der Waals surface area contributed by atoms with Gasteiger partial charge in [0, 0.05) is 0 Å². The highest BCUT2D eigenvalue weighted by Gasteiger charge is 2.29. The Balaban J connectivity index is 2.51. The van der Waals surface area contributed by atoms with Crippen LogP contribution in [-0.2, 0) is 5.41 Å². The number of aromatic carboxylic acids is 1. The number of nitrogens with two attached hydrogens (primary N) is 1. The van der Waals surface area contributed by atoms with E-state index in [-0.39, 0.29) is 11.0 Å². The van der Waals surface area contributed by atoms with Gasteiger partial charge in [0.05, 0.1) is 11.3 Å². The highest BCUT2D eigenvalue weighted by molar-refractivity contribution is 5.95.